The number of rotatable bonds is 10. The van der Waals surface area contributed by atoms with Gasteiger partial charge in [-0.3, -0.25) is 0 Å². The SMILES string of the molecule is CCCNCCCCS(=O)(=O)CCC(C)C. The molecule has 0 unspecified atom stereocenters. The first-order chi connectivity index (χ1) is 7.48. The molecule has 0 aromatic rings. The Hall–Kier alpha value is -0.0900. The lowest BCUT2D eigenvalue weighted by Gasteiger charge is -2.06. The van der Waals surface area contributed by atoms with Crippen molar-refractivity contribution in [1.29, 1.82) is 0 Å². The Balaban J connectivity index is 3.51. The van der Waals surface area contributed by atoms with E-state index in [1.807, 2.05) is 0 Å². The molecule has 0 heterocycles. The van der Waals surface area contributed by atoms with Gasteiger partial charge in [0.05, 0.1) is 11.5 Å². The first-order valence-corrected chi connectivity index (χ1v) is 8.21. The standard InChI is InChI=1S/C12H27NO2S/c1-4-8-13-9-5-6-10-16(14,15)11-7-12(2)3/h12-13H,4-11H2,1-3H3. The summed E-state index contributed by atoms with van der Waals surface area (Å²) in [6.07, 6.45) is 3.67. The normalized spacial score (nSPS) is 12.2. The second-order valence-electron chi connectivity index (χ2n) is 4.79. The third-order valence-electron chi connectivity index (χ3n) is 2.49. The molecule has 0 aromatic heterocycles. The van der Waals surface area contributed by atoms with Crippen molar-refractivity contribution in [3.63, 3.8) is 0 Å². The lowest BCUT2D eigenvalue weighted by molar-refractivity contribution is 0.567. The van der Waals surface area contributed by atoms with Crippen LogP contribution in [0.3, 0.4) is 0 Å². The summed E-state index contributed by atoms with van der Waals surface area (Å²) in [5.41, 5.74) is 0. The topological polar surface area (TPSA) is 46.2 Å². The highest BCUT2D eigenvalue weighted by molar-refractivity contribution is 7.91. The molecule has 0 saturated heterocycles. The Kier molecular flexibility index (Phi) is 8.94. The van der Waals surface area contributed by atoms with Gasteiger partial charge >= 0.3 is 0 Å². The van der Waals surface area contributed by atoms with Gasteiger partial charge in [-0.15, -0.1) is 0 Å². The van der Waals surface area contributed by atoms with Gasteiger partial charge in [-0.1, -0.05) is 20.8 Å². The molecule has 4 heteroatoms. The molecule has 1 N–H and O–H groups in total. The summed E-state index contributed by atoms with van der Waals surface area (Å²) >= 11 is 0. The van der Waals surface area contributed by atoms with Crippen molar-refractivity contribution in [3.8, 4) is 0 Å². The van der Waals surface area contributed by atoms with Gasteiger partial charge in [0.15, 0.2) is 0 Å². The Morgan fingerprint density at radius 2 is 1.75 bits per heavy atom. The zero-order valence-electron chi connectivity index (χ0n) is 11.0. The van der Waals surface area contributed by atoms with E-state index in [0.29, 0.717) is 17.4 Å². The third kappa shape index (κ3) is 10.4. The second kappa shape index (κ2) is 8.99. The molecular formula is C12H27NO2S. The Morgan fingerprint density at radius 3 is 2.31 bits per heavy atom. The second-order valence-corrected chi connectivity index (χ2v) is 7.10. The van der Waals surface area contributed by atoms with Crippen LogP contribution in [0, 0.1) is 5.92 Å². The Morgan fingerprint density at radius 1 is 1.06 bits per heavy atom. The lowest BCUT2D eigenvalue weighted by Crippen LogP contribution is -2.18. The highest BCUT2D eigenvalue weighted by Crippen LogP contribution is 2.05. The quantitative estimate of drug-likeness (QED) is 0.604. The molecule has 3 nitrogen and oxygen atoms in total. The molecule has 0 saturated carbocycles. The minimum absolute atomic E-state index is 0.354. The molecule has 0 spiro atoms. The van der Waals surface area contributed by atoms with Crippen LogP contribution >= 0.6 is 0 Å². The molecular weight excluding hydrogens is 222 g/mol. The van der Waals surface area contributed by atoms with Crippen molar-refractivity contribution in [3.05, 3.63) is 0 Å². The number of unbranched alkanes of at least 4 members (excludes halogenated alkanes) is 1. The van der Waals surface area contributed by atoms with E-state index in [-0.39, 0.29) is 0 Å². The maximum atomic E-state index is 11.6. The van der Waals surface area contributed by atoms with Crippen LogP contribution in [0.4, 0.5) is 0 Å². The first-order valence-electron chi connectivity index (χ1n) is 6.39. The van der Waals surface area contributed by atoms with Crippen LogP contribution in [0.1, 0.15) is 46.5 Å². The monoisotopic (exact) mass is 249 g/mol. The van der Waals surface area contributed by atoms with Crippen molar-refractivity contribution >= 4 is 9.84 Å². The fraction of sp³-hybridized carbons (Fsp3) is 1.00. The van der Waals surface area contributed by atoms with E-state index >= 15 is 0 Å². The van der Waals surface area contributed by atoms with Crippen molar-refractivity contribution in [1.82, 2.24) is 5.32 Å². The van der Waals surface area contributed by atoms with E-state index in [0.717, 1.165) is 38.8 Å². The van der Waals surface area contributed by atoms with E-state index in [2.05, 4.69) is 26.1 Å². The zero-order chi connectivity index (χ0) is 12.4. The number of sulfone groups is 1. The molecule has 0 atom stereocenters. The molecule has 0 fully saturated rings. The molecule has 0 rings (SSSR count). The summed E-state index contributed by atoms with van der Waals surface area (Å²) in [4.78, 5) is 0. The largest absolute Gasteiger partial charge is 0.317 e. The number of hydrogen-bond acceptors (Lipinski definition) is 3. The molecule has 98 valence electrons. The van der Waals surface area contributed by atoms with Gasteiger partial charge in [-0.2, -0.15) is 0 Å². The van der Waals surface area contributed by atoms with Crippen LogP contribution in [0.2, 0.25) is 0 Å². The van der Waals surface area contributed by atoms with Crippen molar-refractivity contribution in [2.45, 2.75) is 46.5 Å². The summed E-state index contributed by atoms with van der Waals surface area (Å²) in [5, 5.41) is 3.28. The van der Waals surface area contributed by atoms with Crippen LogP contribution in [0.25, 0.3) is 0 Å². The molecule has 0 aromatic carbocycles. The van der Waals surface area contributed by atoms with Gasteiger partial charge in [0, 0.05) is 0 Å². The highest BCUT2D eigenvalue weighted by Gasteiger charge is 2.10. The van der Waals surface area contributed by atoms with E-state index in [1.54, 1.807) is 0 Å². The fourth-order valence-corrected chi connectivity index (χ4v) is 3.07. The predicted molar refractivity (Wildman–Crippen MR) is 70.5 cm³/mol. The summed E-state index contributed by atoms with van der Waals surface area (Å²) in [7, 11) is -2.80. The molecule has 0 aliphatic heterocycles. The van der Waals surface area contributed by atoms with Crippen LogP contribution < -0.4 is 5.32 Å². The summed E-state index contributed by atoms with van der Waals surface area (Å²) in [6.45, 7) is 8.21. The van der Waals surface area contributed by atoms with Gasteiger partial charge in [0.2, 0.25) is 0 Å². The first kappa shape index (κ1) is 15.9. The van der Waals surface area contributed by atoms with Crippen LogP contribution in [0.15, 0.2) is 0 Å². The van der Waals surface area contributed by atoms with Crippen molar-refractivity contribution in [2.24, 2.45) is 5.92 Å². The van der Waals surface area contributed by atoms with Gasteiger partial charge < -0.3 is 5.32 Å². The predicted octanol–water partition coefficient (Wildman–Crippen LogP) is 2.23. The highest BCUT2D eigenvalue weighted by atomic mass is 32.2. The van der Waals surface area contributed by atoms with Gasteiger partial charge in [-0.05, 0) is 44.7 Å². The molecule has 0 radical (unpaired) electrons. The lowest BCUT2D eigenvalue weighted by atomic mass is 10.2. The Bertz CT molecular complexity index is 248. The minimum Gasteiger partial charge on any atom is -0.317 e. The average molecular weight is 249 g/mol. The molecule has 0 bridgehead atoms. The minimum atomic E-state index is -2.80. The van der Waals surface area contributed by atoms with Gasteiger partial charge in [0.1, 0.15) is 9.84 Å². The third-order valence-corrected chi connectivity index (χ3v) is 4.26. The number of nitrogens with one attached hydrogen (secondary N) is 1. The number of hydrogen-bond donors (Lipinski definition) is 1. The smallest absolute Gasteiger partial charge is 0.150 e. The fourth-order valence-electron chi connectivity index (χ4n) is 1.39. The van der Waals surface area contributed by atoms with Crippen LogP contribution in [-0.4, -0.2) is 33.0 Å². The summed E-state index contributed by atoms with van der Waals surface area (Å²) in [6, 6.07) is 0. The zero-order valence-corrected chi connectivity index (χ0v) is 11.8. The van der Waals surface area contributed by atoms with E-state index in [1.165, 1.54) is 0 Å². The summed E-state index contributed by atoms with van der Waals surface area (Å²) in [5.74, 6) is 1.18. The maximum Gasteiger partial charge on any atom is 0.150 e. The van der Waals surface area contributed by atoms with Gasteiger partial charge in [-0.25, -0.2) is 8.42 Å². The Labute approximate surface area is 101 Å². The average Bonchev–Trinajstić information content (AvgIpc) is 2.21. The van der Waals surface area contributed by atoms with E-state index < -0.39 is 9.84 Å². The molecule has 0 aliphatic rings. The van der Waals surface area contributed by atoms with Crippen molar-refractivity contribution < 1.29 is 8.42 Å². The molecule has 16 heavy (non-hydrogen) atoms. The van der Waals surface area contributed by atoms with E-state index in [4.69, 9.17) is 0 Å². The van der Waals surface area contributed by atoms with Crippen molar-refractivity contribution in [2.75, 3.05) is 24.6 Å². The maximum absolute atomic E-state index is 11.6. The van der Waals surface area contributed by atoms with Crippen LogP contribution in [-0.2, 0) is 9.84 Å². The van der Waals surface area contributed by atoms with Gasteiger partial charge in [0.25, 0.3) is 0 Å². The molecule has 0 amide bonds. The molecule has 0 aliphatic carbocycles. The van der Waals surface area contributed by atoms with Crippen LogP contribution in [0.5, 0.6) is 0 Å². The summed E-state index contributed by atoms with van der Waals surface area (Å²) < 4.78 is 23.2. The van der Waals surface area contributed by atoms with E-state index in [9.17, 15) is 8.42 Å².